The van der Waals surface area contributed by atoms with E-state index in [1.807, 2.05) is 0 Å². The average molecular weight is 286 g/mol. The van der Waals surface area contributed by atoms with Crippen LogP contribution in [0.4, 0.5) is 0 Å². The number of halogens is 1. The Morgan fingerprint density at radius 3 is 2.79 bits per heavy atom. The van der Waals surface area contributed by atoms with Gasteiger partial charge in [0.15, 0.2) is 11.5 Å². The molecule has 3 N–H and O–H groups in total. The summed E-state index contributed by atoms with van der Waals surface area (Å²) in [5.41, 5.74) is 6.46. The Morgan fingerprint density at radius 1 is 1.37 bits per heavy atom. The Morgan fingerprint density at radius 2 is 2.11 bits per heavy atom. The van der Waals surface area contributed by atoms with Crippen LogP contribution < -0.4 is 15.2 Å². The van der Waals surface area contributed by atoms with E-state index in [0.717, 1.165) is 18.4 Å². The lowest BCUT2D eigenvalue weighted by atomic mass is 9.91. The third kappa shape index (κ3) is 3.14. The molecule has 106 valence electrons. The van der Waals surface area contributed by atoms with Crippen molar-refractivity contribution in [1.29, 1.82) is 0 Å². The summed E-state index contributed by atoms with van der Waals surface area (Å²) < 4.78 is 11.0. The van der Waals surface area contributed by atoms with Crippen LogP contribution >= 0.6 is 11.6 Å². The molecule has 2 unspecified atom stereocenters. The van der Waals surface area contributed by atoms with Crippen LogP contribution in [0.1, 0.15) is 31.4 Å². The minimum atomic E-state index is -0.627. The molecule has 1 aliphatic rings. The summed E-state index contributed by atoms with van der Waals surface area (Å²) in [6.07, 6.45) is 1.24. The number of ether oxygens (including phenoxy) is 2. The first-order valence-electron chi connectivity index (χ1n) is 6.64. The van der Waals surface area contributed by atoms with Crippen LogP contribution in [-0.2, 0) is 0 Å². The van der Waals surface area contributed by atoms with Crippen molar-refractivity contribution >= 4 is 11.6 Å². The lowest BCUT2D eigenvalue weighted by Crippen LogP contribution is -2.22. The van der Waals surface area contributed by atoms with Crippen molar-refractivity contribution < 1.29 is 14.6 Å². The highest BCUT2D eigenvalue weighted by molar-refractivity contribution is 6.32. The summed E-state index contributed by atoms with van der Waals surface area (Å²) in [7, 11) is 0. The Labute approximate surface area is 118 Å². The van der Waals surface area contributed by atoms with E-state index in [-0.39, 0.29) is 5.92 Å². The first-order chi connectivity index (χ1) is 9.17. The first kappa shape index (κ1) is 14.4. The molecule has 1 aliphatic heterocycles. The van der Waals surface area contributed by atoms with Gasteiger partial charge in [0.2, 0.25) is 0 Å². The fourth-order valence-electron chi connectivity index (χ4n) is 2.35. The number of aliphatic hydroxyl groups is 1. The molecule has 1 aromatic carbocycles. The van der Waals surface area contributed by atoms with Crippen molar-refractivity contribution in [3.8, 4) is 11.5 Å². The Balaban J connectivity index is 2.27. The van der Waals surface area contributed by atoms with E-state index < -0.39 is 6.10 Å². The van der Waals surface area contributed by atoms with E-state index in [0.29, 0.717) is 36.3 Å². The quantitative estimate of drug-likeness (QED) is 0.872. The van der Waals surface area contributed by atoms with E-state index in [1.54, 1.807) is 12.1 Å². The first-order valence-corrected chi connectivity index (χ1v) is 7.02. The zero-order valence-electron chi connectivity index (χ0n) is 11.1. The number of rotatable bonds is 5. The van der Waals surface area contributed by atoms with E-state index in [9.17, 15) is 5.11 Å². The maximum atomic E-state index is 10.4. The lowest BCUT2D eigenvalue weighted by Gasteiger charge is -2.25. The van der Waals surface area contributed by atoms with E-state index in [4.69, 9.17) is 26.8 Å². The number of hydrogen-bond acceptors (Lipinski definition) is 4. The van der Waals surface area contributed by atoms with Gasteiger partial charge in [-0.3, -0.25) is 0 Å². The van der Waals surface area contributed by atoms with Crippen molar-refractivity contribution in [3.05, 3.63) is 22.7 Å². The highest BCUT2D eigenvalue weighted by atomic mass is 35.5. The molecular weight excluding hydrogens is 266 g/mol. The molecule has 0 saturated heterocycles. The van der Waals surface area contributed by atoms with Gasteiger partial charge in [-0.1, -0.05) is 24.9 Å². The highest BCUT2D eigenvalue weighted by Gasteiger charge is 2.23. The zero-order valence-corrected chi connectivity index (χ0v) is 11.8. The number of aliphatic hydroxyl groups excluding tert-OH is 1. The molecule has 0 bridgehead atoms. The molecule has 0 saturated carbocycles. The zero-order chi connectivity index (χ0) is 13.8. The minimum Gasteiger partial charge on any atom is -0.486 e. The Kier molecular flexibility index (Phi) is 4.91. The molecule has 0 fully saturated rings. The normalized spacial score (nSPS) is 17.1. The number of nitrogens with two attached hydrogens (primary N) is 1. The van der Waals surface area contributed by atoms with Crippen LogP contribution in [-0.4, -0.2) is 24.9 Å². The third-order valence-electron chi connectivity index (χ3n) is 3.37. The van der Waals surface area contributed by atoms with Crippen molar-refractivity contribution in [3.63, 3.8) is 0 Å². The van der Waals surface area contributed by atoms with Crippen molar-refractivity contribution in [2.45, 2.75) is 25.9 Å². The smallest absolute Gasteiger partial charge is 0.179 e. The molecule has 0 aromatic heterocycles. The highest BCUT2D eigenvalue weighted by Crippen LogP contribution is 2.41. The van der Waals surface area contributed by atoms with Gasteiger partial charge in [0.25, 0.3) is 0 Å². The van der Waals surface area contributed by atoms with Crippen molar-refractivity contribution in [2.24, 2.45) is 11.7 Å². The van der Waals surface area contributed by atoms with Crippen LogP contribution in [0.3, 0.4) is 0 Å². The summed E-state index contributed by atoms with van der Waals surface area (Å²) >= 11 is 6.17. The molecule has 4 nitrogen and oxygen atoms in total. The van der Waals surface area contributed by atoms with Gasteiger partial charge >= 0.3 is 0 Å². The Bertz CT molecular complexity index is 439. The van der Waals surface area contributed by atoms with Crippen LogP contribution in [0.15, 0.2) is 12.1 Å². The second-order valence-corrected chi connectivity index (χ2v) is 5.16. The molecule has 1 heterocycles. The van der Waals surface area contributed by atoms with Gasteiger partial charge in [0.1, 0.15) is 13.2 Å². The number of hydrogen-bond donors (Lipinski definition) is 2. The molecule has 2 atom stereocenters. The van der Waals surface area contributed by atoms with Gasteiger partial charge in [-0.2, -0.15) is 0 Å². The predicted molar refractivity (Wildman–Crippen MR) is 74.9 cm³/mol. The second-order valence-electron chi connectivity index (χ2n) is 4.76. The van der Waals surface area contributed by atoms with Gasteiger partial charge in [-0.15, -0.1) is 0 Å². The SMILES string of the molecule is CCCC(CN)C(O)c1cc(Cl)c2c(c1)OCCO2. The van der Waals surface area contributed by atoms with Gasteiger partial charge in [0, 0.05) is 5.92 Å². The van der Waals surface area contributed by atoms with Gasteiger partial charge in [-0.25, -0.2) is 0 Å². The molecule has 19 heavy (non-hydrogen) atoms. The fraction of sp³-hybridized carbons (Fsp3) is 0.571. The lowest BCUT2D eigenvalue weighted by molar-refractivity contribution is 0.105. The average Bonchev–Trinajstić information content (AvgIpc) is 2.44. The van der Waals surface area contributed by atoms with Crippen LogP contribution in [0.2, 0.25) is 5.02 Å². The largest absolute Gasteiger partial charge is 0.486 e. The molecule has 0 aliphatic carbocycles. The van der Waals surface area contributed by atoms with E-state index >= 15 is 0 Å². The molecule has 0 spiro atoms. The summed E-state index contributed by atoms with van der Waals surface area (Å²) in [6, 6.07) is 3.53. The molecule has 0 amide bonds. The van der Waals surface area contributed by atoms with Crippen molar-refractivity contribution in [1.82, 2.24) is 0 Å². The van der Waals surface area contributed by atoms with Crippen LogP contribution in [0.25, 0.3) is 0 Å². The standard InChI is InChI=1S/C14H20ClNO3/c1-2-3-9(8-16)13(17)10-6-11(15)14-12(7-10)18-4-5-19-14/h6-7,9,13,17H,2-5,8,16H2,1H3. The van der Waals surface area contributed by atoms with E-state index in [2.05, 4.69) is 6.92 Å². The van der Waals surface area contributed by atoms with Crippen LogP contribution in [0.5, 0.6) is 11.5 Å². The molecule has 1 aromatic rings. The molecule has 2 rings (SSSR count). The molecular formula is C14H20ClNO3. The number of benzene rings is 1. The van der Waals surface area contributed by atoms with Crippen LogP contribution in [0, 0.1) is 5.92 Å². The monoisotopic (exact) mass is 285 g/mol. The Hall–Kier alpha value is -0.970. The molecule has 0 radical (unpaired) electrons. The van der Waals surface area contributed by atoms with Crippen molar-refractivity contribution in [2.75, 3.05) is 19.8 Å². The summed E-state index contributed by atoms with van der Waals surface area (Å²) in [4.78, 5) is 0. The fourth-order valence-corrected chi connectivity index (χ4v) is 2.62. The van der Waals surface area contributed by atoms with Gasteiger partial charge in [-0.05, 0) is 30.7 Å². The second kappa shape index (κ2) is 6.46. The third-order valence-corrected chi connectivity index (χ3v) is 3.65. The van der Waals surface area contributed by atoms with E-state index in [1.165, 1.54) is 0 Å². The maximum absolute atomic E-state index is 10.4. The predicted octanol–water partition coefficient (Wildman–Crippen LogP) is 2.52. The molecule has 5 heteroatoms. The summed E-state index contributed by atoms with van der Waals surface area (Å²) in [5, 5.41) is 10.9. The topological polar surface area (TPSA) is 64.7 Å². The van der Waals surface area contributed by atoms with Gasteiger partial charge in [0.05, 0.1) is 11.1 Å². The van der Waals surface area contributed by atoms with Gasteiger partial charge < -0.3 is 20.3 Å². The number of fused-ring (bicyclic) bond motifs is 1. The minimum absolute atomic E-state index is 0.0311. The maximum Gasteiger partial charge on any atom is 0.179 e. The summed E-state index contributed by atoms with van der Waals surface area (Å²) in [6.45, 7) is 3.52. The summed E-state index contributed by atoms with van der Waals surface area (Å²) in [5.74, 6) is 1.19.